The Balaban J connectivity index is 2.06. The van der Waals surface area contributed by atoms with Crippen LogP contribution in [0, 0.1) is 0 Å². The van der Waals surface area contributed by atoms with Gasteiger partial charge in [-0.2, -0.15) is 10.1 Å². The Kier molecular flexibility index (Phi) is 2.26. The molecule has 3 rings (SSSR count). The van der Waals surface area contributed by atoms with Crippen LogP contribution >= 0.6 is 0 Å². The van der Waals surface area contributed by atoms with Crippen molar-refractivity contribution in [3.8, 4) is 0 Å². The van der Waals surface area contributed by atoms with Crippen molar-refractivity contribution in [2.24, 2.45) is 0 Å². The van der Waals surface area contributed by atoms with Crippen molar-refractivity contribution in [3.63, 3.8) is 0 Å². The summed E-state index contributed by atoms with van der Waals surface area (Å²) in [5.41, 5.74) is 1.61. The van der Waals surface area contributed by atoms with Gasteiger partial charge in [-0.25, -0.2) is 5.10 Å². The van der Waals surface area contributed by atoms with Gasteiger partial charge in [-0.05, 0) is 0 Å². The van der Waals surface area contributed by atoms with E-state index in [2.05, 4.69) is 20.5 Å². The predicted octanol–water partition coefficient (Wildman–Crippen LogP) is 1.02. The van der Waals surface area contributed by atoms with Crippen LogP contribution in [0.1, 0.15) is 15.9 Å². The minimum Gasteiger partial charge on any atom is -0.324 e. The minimum atomic E-state index is -0.546. The summed E-state index contributed by atoms with van der Waals surface area (Å²) >= 11 is 0. The van der Waals surface area contributed by atoms with Crippen molar-refractivity contribution in [3.05, 3.63) is 47.8 Å². The molecule has 1 aliphatic rings. The molecule has 0 saturated heterocycles. The third-order valence-corrected chi connectivity index (χ3v) is 2.63. The van der Waals surface area contributed by atoms with Crippen molar-refractivity contribution in [1.82, 2.24) is 15.2 Å². The molecule has 0 bridgehead atoms. The van der Waals surface area contributed by atoms with Crippen LogP contribution in [-0.4, -0.2) is 26.7 Å². The van der Waals surface area contributed by atoms with Gasteiger partial charge < -0.3 is 5.32 Å². The molecule has 1 aromatic carbocycles. The van der Waals surface area contributed by atoms with Gasteiger partial charge in [-0.1, -0.05) is 24.3 Å². The number of aromatic amines is 1. The van der Waals surface area contributed by atoms with E-state index in [-0.39, 0.29) is 0 Å². The molecule has 6 nitrogen and oxygen atoms in total. The first-order valence-corrected chi connectivity index (χ1v) is 5.28. The van der Waals surface area contributed by atoms with Gasteiger partial charge in [0.25, 0.3) is 0 Å². The molecular weight excluding hydrogens is 232 g/mol. The van der Waals surface area contributed by atoms with Crippen LogP contribution in [0.15, 0.2) is 36.7 Å². The number of rotatable bonds is 2. The van der Waals surface area contributed by atoms with Gasteiger partial charge in [0.05, 0.1) is 5.70 Å². The quantitative estimate of drug-likeness (QED) is 0.765. The topological polar surface area (TPSA) is 87.7 Å². The molecule has 0 saturated carbocycles. The maximum absolute atomic E-state index is 11.7. The predicted molar refractivity (Wildman–Crippen MR) is 63.8 cm³/mol. The molecule has 0 unspecified atom stereocenters. The number of fused-ring (bicyclic) bond motifs is 1. The number of anilines is 1. The number of carbonyl (C=O) groups excluding carboxylic acids is 2. The average molecular weight is 240 g/mol. The summed E-state index contributed by atoms with van der Waals surface area (Å²) in [5.74, 6) is -0.623. The number of ketones is 2. The molecule has 0 atom stereocenters. The molecule has 0 radical (unpaired) electrons. The van der Waals surface area contributed by atoms with E-state index in [1.54, 1.807) is 24.3 Å². The summed E-state index contributed by atoms with van der Waals surface area (Å²) in [6.45, 7) is 0. The SMILES string of the molecule is O=C1C=C(Nc2ncn[nH]2)c2ccccc2C1=O. The first-order valence-electron chi connectivity index (χ1n) is 5.28. The number of nitrogens with zero attached hydrogens (tertiary/aromatic N) is 2. The fourth-order valence-corrected chi connectivity index (χ4v) is 1.82. The standard InChI is InChI=1S/C12H8N4O2/c17-10-5-9(15-12-13-6-14-16-12)7-3-1-2-4-8(7)11(10)18/h1-6H,(H2,13,14,15,16). The van der Waals surface area contributed by atoms with Crippen LogP contribution in [0.4, 0.5) is 5.95 Å². The van der Waals surface area contributed by atoms with E-state index in [1.807, 2.05) is 0 Å². The zero-order chi connectivity index (χ0) is 12.5. The lowest BCUT2D eigenvalue weighted by molar-refractivity contribution is -0.111. The van der Waals surface area contributed by atoms with Gasteiger partial charge in [-0.15, -0.1) is 0 Å². The van der Waals surface area contributed by atoms with E-state index in [0.29, 0.717) is 22.8 Å². The van der Waals surface area contributed by atoms with Gasteiger partial charge >= 0.3 is 0 Å². The number of hydrogen-bond donors (Lipinski definition) is 2. The molecule has 6 heteroatoms. The lowest BCUT2D eigenvalue weighted by atomic mass is 9.93. The van der Waals surface area contributed by atoms with E-state index in [0.717, 1.165) is 0 Å². The number of allylic oxidation sites excluding steroid dienone is 1. The third kappa shape index (κ3) is 1.60. The molecule has 88 valence electrons. The van der Waals surface area contributed by atoms with Gasteiger partial charge in [-0.3, -0.25) is 9.59 Å². The van der Waals surface area contributed by atoms with Crippen LogP contribution in [0.25, 0.3) is 5.70 Å². The van der Waals surface area contributed by atoms with Crippen LogP contribution in [0.2, 0.25) is 0 Å². The number of aromatic nitrogens is 3. The van der Waals surface area contributed by atoms with Gasteiger partial charge in [0.2, 0.25) is 17.5 Å². The number of H-pyrrole nitrogens is 1. The molecule has 0 spiro atoms. The Morgan fingerprint density at radius 3 is 2.61 bits per heavy atom. The summed E-state index contributed by atoms with van der Waals surface area (Å²) < 4.78 is 0. The molecule has 0 fully saturated rings. The molecule has 2 N–H and O–H groups in total. The fourth-order valence-electron chi connectivity index (χ4n) is 1.82. The lowest BCUT2D eigenvalue weighted by Gasteiger charge is -2.16. The highest BCUT2D eigenvalue weighted by atomic mass is 16.2. The van der Waals surface area contributed by atoms with E-state index < -0.39 is 11.6 Å². The smallest absolute Gasteiger partial charge is 0.233 e. The molecule has 18 heavy (non-hydrogen) atoms. The highest BCUT2D eigenvalue weighted by Crippen LogP contribution is 2.24. The normalized spacial score (nSPS) is 14.1. The highest BCUT2D eigenvalue weighted by Gasteiger charge is 2.25. The molecule has 1 aliphatic carbocycles. The largest absolute Gasteiger partial charge is 0.324 e. The van der Waals surface area contributed by atoms with Crippen LogP contribution in [0.5, 0.6) is 0 Å². The van der Waals surface area contributed by atoms with E-state index in [9.17, 15) is 9.59 Å². The summed E-state index contributed by atoms with van der Waals surface area (Å²) in [5, 5.41) is 9.26. The third-order valence-electron chi connectivity index (χ3n) is 2.63. The first-order chi connectivity index (χ1) is 8.75. The Morgan fingerprint density at radius 2 is 1.89 bits per heavy atom. The zero-order valence-electron chi connectivity index (χ0n) is 9.18. The fraction of sp³-hybridized carbons (Fsp3) is 0. The lowest BCUT2D eigenvalue weighted by Crippen LogP contribution is -2.21. The molecule has 0 aliphatic heterocycles. The summed E-state index contributed by atoms with van der Waals surface area (Å²) in [7, 11) is 0. The zero-order valence-corrected chi connectivity index (χ0v) is 9.18. The average Bonchev–Trinajstić information content (AvgIpc) is 2.89. The second-order valence-corrected chi connectivity index (χ2v) is 3.76. The van der Waals surface area contributed by atoms with Crippen molar-refractivity contribution in [1.29, 1.82) is 0 Å². The second kappa shape index (κ2) is 3.92. The maximum atomic E-state index is 11.7. The van der Waals surface area contributed by atoms with Crippen LogP contribution in [-0.2, 0) is 4.79 Å². The highest BCUT2D eigenvalue weighted by molar-refractivity contribution is 6.50. The van der Waals surface area contributed by atoms with E-state index >= 15 is 0 Å². The number of Topliss-reactive ketones (excluding diaryl/α,β-unsaturated/α-hetero) is 1. The summed E-state index contributed by atoms with van der Waals surface area (Å²) in [4.78, 5) is 27.2. The minimum absolute atomic E-state index is 0.395. The first kappa shape index (κ1) is 10.4. The second-order valence-electron chi connectivity index (χ2n) is 3.76. The monoisotopic (exact) mass is 240 g/mol. The van der Waals surface area contributed by atoms with Gasteiger partial charge in [0.15, 0.2) is 0 Å². The van der Waals surface area contributed by atoms with Crippen LogP contribution in [0.3, 0.4) is 0 Å². The number of benzene rings is 1. The Morgan fingerprint density at radius 1 is 1.11 bits per heavy atom. The number of carbonyl (C=O) groups is 2. The van der Waals surface area contributed by atoms with Crippen LogP contribution < -0.4 is 5.32 Å². The van der Waals surface area contributed by atoms with Crippen molar-refractivity contribution in [2.45, 2.75) is 0 Å². The van der Waals surface area contributed by atoms with Gasteiger partial charge in [0, 0.05) is 17.2 Å². The van der Waals surface area contributed by atoms with Gasteiger partial charge in [0.1, 0.15) is 6.33 Å². The van der Waals surface area contributed by atoms with Crippen molar-refractivity contribution >= 4 is 23.2 Å². The summed E-state index contributed by atoms with van der Waals surface area (Å²) in [6, 6.07) is 6.93. The molecule has 0 amide bonds. The maximum Gasteiger partial charge on any atom is 0.233 e. The van der Waals surface area contributed by atoms with E-state index in [4.69, 9.17) is 0 Å². The number of nitrogens with one attached hydrogen (secondary N) is 2. The molecular formula is C12H8N4O2. The van der Waals surface area contributed by atoms with Crippen molar-refractivity contribution in [2.75, 3.05) is 5.32 Å². The van der Waals surface area contributed by atoms with E-state index in [1.165, 1.54) is 12.4 Å². The molecule has 1 aromatic heterocycles. The Hall–Kier alpha value is -2.76. The molecule has 2 aromatic rings. The Bertz CT molecular complexity index is 658. The van der Waals surface area contributed by atoms with Crippen molar-refractivity contribution < 1.29 is 9.59 Å². The molecule has 1 heterocycles. The number of hydrogen-bond acceptors (Lipinski definition) is 5. The Labute approximate surface area is 102 Å². The summed E-state index contributed by atoms with van der Waals surface area (Å²) in [6.07, 6.45) is 2.62.